The minimum absolute atomic E-state index is 0.0146. The number of aliphatic hydroxyl groups excluding tert-OH is 1. The second-order valence-corrected chi connectivity index (χ2v) is 4.61. The van der Waals surface area contributed by atoms with E-state index in [4.69, 9.17) is 9.47 Å². The van der Waals surface area contributed by atoms with Crippen LogP contribution in [0.25, 0.3) is 0 Å². The molecule has 0 radical (unpaired) electrons. The van der Waals surface area contributed by atoms with Gasteiger partial charge in [-0.25, -0.2) is 0 Å². The lowest BCUT2D eigenvalue weighted by molar-refractivity contribution is -0.162. The van der Waals surface area contributed by atoms with E-state index in [-0.39, 0.29) is 18.3 Å². The van der Waals surface area contributed by atoms with Gasteiger partial charge in [0, 0.05) is 13.0 Å². The summed E-state index contributed by atoms with van der Waals surface area (Å²) < 4.78 is 11.4. The van der Waals surface area contributed by atoms with E-state index in [1.807, 2.05) is 31.2 Å². The van der Waals surface area contributed by atoms with Gasteiger partial charge in [0.1, 0.15) is 18.0 Å². The molecule has 17 heavy (non-hydrogen) atoms. The van der Waals surface area contributed by atoms with Crippen molar-refractivity contribution in [2.24, 2.45) is 0 Å². The lowest BCUT2D eigenvalue weighted by atomic mass is 9.88. The van der Waals surface area contributed by atoms with Gasteiger partial charge in [-0.05, 0) is 25.5 Å². The molecule has 0 aromatic heterocycles. The topological polar surface area (TPSA) is 38.7 Å². The van der Waals surface area contributed by atoms with Gasteiger partial charge in [-0.15, -0.1) is 0 Å². The Bertz CT molecular complexity index is 347. The summed E-state index contributed by atoms with van der Waals surface area (Å²) in [5.74, 6) is 0.845. The Morgan fingerprint density at radius 3 is 2.59 bits per heavy atom. The van der Waals surface area contributed by atoms with Crippen LogP contribution in [-0.4, -0.2) is 30.0 Å². The van der Waals surface area contributed by atoms with Gasteiger partial charge >= 0.3 is 0 Å². The first-order valence-corrected chi connectivity index (χ1v) is 6.23. The molecule has 1 saturated carbocycles. The van der Waals surface area contributed by atoms with Crippen molar-refractivity contribution in [1.29, 1.82) is 0 Å². The van der Waals surface area contributed by atoms with Crippen molar-refractivity contribution in [2.45, 2.75) is 45.0 Å². The summed E-state index contributed by atoms with van der Waals surface area (Å²) in [4.78, 5) is 0. The molecule has 0 spiro atoms. The van der Waals surface area contributed by atoms with Crippen LogP contribution in [-0.2, 0) is 4.74 Å². The van der Waals surface area contributed by atoms with Crippen molar-refractivity contribution in [1.82, 2.24) is 0 Å². The van der Waals surface area contributed by atoms with Gasteiger partial charge in [-0.2, -0.15) is 0 Å². The average Bonchev–Trinajstić information content (AvgIpc) is 2.31. The molecule has 3 nitrogen and oxygen atoms in total. The number of hydrogen-bond acceptors (Lipinski definition) is 3. The minimum Gasteiger partial charge on any atom is -0.488 e. The molecule has 0 amide bonds. The zero-order valence-corrected chi connectivity index (χ0v) is 10.4. The largest absolute Gasteiger partial charge is 0.488 e. The Labute approximate surface area is 102 Å². The number of aryl methyl sites for hydroxylation is 1. The zero-order chi connectivity index (χ0) is 12.3. The maximum atomic E-state index is 9.62. The number of ether oxygens (including phenoxy) is 2. The number of rotatable bonds is 5. The Balaban J connectivity index is 1.88. The first kappa shape index (κ1) is 12.4. The van der Waals surface area contributed by atoms with Gasteiger partial charge in [-0.3, -0.25) is 0 Å². The van der Waals surface area contributed by atoms with Crippen LogP contribution in [0.4, 0.5) is 0 Å². The van der Waals surface area contributed by atoms with Crippen LogP contribution in [0.3, 0.4) is 0 Å². The first-order valence-electron chi connectivity index (χ1n) is 6.23. The Morgan fingerprint density at radius 1 is 1.29 bits per heavy atom. The Hall–Kier alpha value is -1.06. The fraction of sp³-hybridized carbons (Fsp3) is 0.571. The third kappa shape index (κ3) is 2.99. The quantitative estimate of drug-likeness (QED) is 0.852. The molecule has 1 aromatic rings. The molecule has 1 aliphatic rings. The second kappa shape index (κ2) is 5.52. The van der Waals surface area contributed by atoms with E-state index in [1.165, 1.54) is 5.56 Å². The van der Waals surface area contributed by atoms with E-state index in [0.717, 1.165) is 12.2 Å². The molecule has 0 heterocycles. The first-order chi connectivity index (χ1) is 8.20. The lowest BCUT2D eigenvalue weighted by Gasteiger charge is -2.40. The number of hydrogen-bond donors (Lipinski definition) is 1. The van der Waals surface area contributed by atoms with Crippen LogP contribution < -0.4 is 4.74 Å². The smallest absolute Gasteiger partial charge is 0.130 e. The predicted molar refractivity (Wildman–Crippen MR) is 66.2 cm³/mol. The van der Waals surface area contributed by atoms with E-state index in [0.29, 0.717) is 13.0 Å². The predicted octanol–water partition coefficient (Wildman–Crippen LogP) is 2.30. The van der Waals surface area contributed by atoms with Crippen molar-refractivity contribution < 1.29 is 14.6 Å². The van der Waals surface area contributed by atoms with Gasteiger partial charge in [0.15, 0.2) is 0 Å². The second-order valence-electron chi connectivity index (χ2n) is 4.61. The maximum absolute atomic E-state index is 9.62. The molecule has 0 bridgehead atoms. The monoisotopic (exact) mass is 236 g/mol. The molecule has 3 atom stereocenters. The summed E-state index contributed by atoms with van der Waals surface area (Å²) in [5.41, 5.74) is 1.21. The summed E-state index contributed by atoms with van der Waals surface area (Å²) in [6.45, 7) is 4.78. The normalized spacial score (nSPS) is 27.6. The molecular weight excluding hydrogens is 216 g/mol. The molecule has 2 rings (SSSR count). The summed E-state index contributed by atoms with van der Waals surface area (Å²) in [5, 5.41) is 9.62. The highest BCUT2D eigenvalue weighted by Crippen LogP contribution is 2.29. The molecule has 1 fully saturated rings. The number of aliphatic hydroxyl groups is 1. The molecular formula is C14H20O3. The molecule has 3 unspecified atom stereocenters. The van der Waals surface area contributed by atoms with Gasteiger partial charge < -0.3 is 14.6 Å². The average molecular weight is 236 g/mol. The van der Waals surface area contributed by atoms with Crippen molar-refractivity contribution in [3.63, 3.8) is 0 Å². The molecule has 1 aliphatic carbocycles. The summed E-state index contributed by atoms with van der Waals surface area (Å²) in [6.07, 6.45) is 1.05. The lowest BCUT2D eigenvalue weighted by Crippen LogP contribution is -2.55. The highest BCUT2D eigenvalue weighted by atomic mass is 16.6. The van der Waals surface area contributed by atoms with E-state index in [2.05, 4.69) is 6.92 Å². The Kier molecular flexibility index (Phi) is 4.02. The van der Waals surface area contributed by atoms with Crippen LogP contribution in [0.5, 0.6) is 5.75 Å². The molecule has 3 heteroatoms. The van der Waals surface area contributed by atoms with Gasteiger partial charge in [-0.1, -0.05) is 24.6 Å². The van der Waals surface area contributed by atoms with Crippen molar-refractivity contribution in [3.8, 4) is 5.75 Å². The maximum Gasteiger partial charge on any atom is 0.130 e. The van der Waals surface area contributed by atoms with E-state index >= 15 is 0 Å². The molecule has 0 aliphatic heterocycles. The molecule has 1 N–H and O–H groups in total. The minimum atomic E-state index is -0.378. The Morgan fingerprint density at radius 2 is 2.00 bits per heavy atom. The molecule has 0 saturated heterocycles. The fourth-order valence-corrected chi connectivity index (χ4v) is 1.94. The molecule has 94 valence electrons. The summed E-state index contributed by atoms with van der Waals surface area (Å²) in [6, 6.07) is 7.95. The van der Waals surface area contributed by atoms with Crippen LogP contribution in [0.2, 0.25) is 0 Å². The third-order valence-corrected chi connectivity index (χ3v) is 3.04. The highest BCUT2D eigenvalue weighted by Gasteiger charge is 2.42. The standard InChI is InChI=1S/C14H20O3/c1-3-8-16-14-12(15)9-13(14)17-11-6-4-10(2)5-7-11/h4-7,12-15H,3,8-9H2,1-2H3. The van der Waals surface area contributed by atoms with Crippen molar-refractivity contribution in [2.75, 3.05) is 6.61 Å². The van der Waals surface area contributed by atoms with E-state index in [9.17, 15) is 5.11 Å². The third-order valence-electron chi connectivity index (χ3n) is 3.04. The van der Waals surface area contributed by atoms with Crippen molar-refractivity contribution in [3.05, 3.63) is 29.8 Å². The van der Waals surface area contributed by atoms with E-state index in [1.54, 1.807) is 0 Å². The van der Waals surface area contributed by atoms with E-state index < -0.39 is 0 Å². The fourth-order valence-electron chi connectivity index (χ4n) is 1.94. The van der Waals surface area contributed by atoms with Crippen molar-refractivity contribution >= 4 is 0 Å². The van der Waals surface area contributed by atoms with Gasteiger partial charge in [0.25, 0.3) is 0 Å². The highest BCUT2D eigenvalue weighted by molar-refractivity contribution is 5.27. The van der Waals surface area contributed by atoms with Gasteiger partial charge in [0.2, 0.25) is 0 Å². The van der Waals surface area contributed by atoms with Crippen LogP contribution >= 0.6 is 0 Å². The molecule has 1 aromatic carbocycles. The van der Waals surface area contributed by atoms with Crippen LogP contribution in [0.15, 0.2) is 24.3 Å². The number of benzene rings is 1. The van der Waals surface area contributed by atoms with Crippen LogP contribution in [0.1, 0.15) is 25.3 Å². The summed E-state index contributed by atoms with van der Waals surface area (Å²) in [7, 11) is 0. The van der Waals surface area contributed by atoms with Gasteiger partial charge in [0.05, 0.1) is 6.10 Å². The zero-order valence-electron chi connectivity index (χ0n) is 10.4. The SMILES string of the molecule is CCCOC1C(O)CC1Oc1ccc(C)cc1. The summed E-state index contributed by atoms with van der Waals surface area (Å²) >= 11 is 0. The van der Waals surface area contributed by atoms with Crippen LogP contribution in [0, 0.1) is 6.92 Å².